The Morgan fingerprint density at radius 2 is 1.83 bits per heavy atom. The highest BCUT2D eigenvalue weighted by molar-refractivity contribution is 6.32. The average molecular weight is 351 g/mol. The number of benzene rings is 1. The van der Waals surface area contributed by atoms with E-state index in [1.54, 1.807) is 19.4 Å². The van der Waals surface area contributed by atoms with E-state index in [-0.39, 0.29) is 5.54 Å². The third-order valence-corrected chi connectivity index (χ3v) is 3.18. The molecule has 1 aromatic heterocycles. The Kier molecular flexibility index (Phi) is 7.29. The minimum Gasteiger partial charge on any atom is -0.495 e. The molecule has 0 bridgehead atoms. The van der Waals surface area contributed by atoms with Crippen LogP contribution in [0.2, 0.25) is 5.02 Å². The minimum absolute atomic E-state index is 0.101. The third-order valence-electron chi connectivity index (χ3n) is 2.87. The summed E-state index contributed by atoms with van der Waals surface area (Å²) in [6.45, 7) is 12.1. The van der Waals surface area contributed by atoms with Crippen LogP contribution in [-0.4, -0.2) is 22.6 Å². The lowest BCUT2D eigenvalue weighted by Gasteiger charge is -2.21. The van der Waals surface area contributed by atoms with Crippen molar-refractivity contribution >= 4 is 29.1 Å². The van der Waals surface area contributed by atoms with Gasteiger partial charge in [0.15, 0.2) is 0 Å². The summed E-state index contributed by atoms with van der Waals surface area (Å²) < 4.78 is 5.23. The van der Waals surface area contributed by atoms with Gasteiger partial charge in [-0.15, -0.1) is 0 Å². The summed E-state index contributed by atoms with van der Waals surface area (Å²) in [5, 5.41) is 7.10. The minimum atomic E-state index is -0.101. The fourth-order valence-corrected chi connectivity index (χ4v) is 2.03. The van der Waals surface area contributed by atoms with Gasteiger partial charge in [-0.3, -0.25) is 0 Å². The van der Waals surface area contributed by atoms with Crippen molar-refractivity contribution in [2.75, 3.05) is 17.7 Å². The SMILES string of the molecule is CC.COc1cc(Nc2nc(NC(C)(C)C)ncc2C)ccc1Cl. The Morgan fingerprint density at radius 1 is 1.17 bits per heavy atom. The second-order valence-electron chi connectivity index (χ2n) is 6.07. The fraction of sp³-hybridized carbons (Fsp3) is 0.444. The van der Waals surface area contributed by atoms with Crippen molar-refractivity contribution in [2.45, 2.75) is 47.1 Å². The molecule has 5 nitrogen and oxygen atoms in total. The van der Waals surface area contributed by atoms with Gasteiger partial charge in [0.1, 0.15) is 11.6 Å². The van der Waals surface area contributed by atoms with Gasteiger partial charge in [-0.1, -0.05) is 25.4 Å². The van der Waals surface area contributed by atoms with Crippen molar-refractivity contribution in [3.05, 3.63) is 35.0 Å². The zero-order valence-corrected chi connectivity index (χ0v) is 16.2. The van der Waals surface area contributed by atoms with E-state index < -0.39 is 0 Å². The number of nitrogens with one attached hydrogen (secondary N) is 2. The maximum absolute atomic E-state index is 6.04. The highest BCUT2D eigenvalue weighted by Gasteiger charge is 2.13. The van der Waals surface area contributed by atoms with Gasteiger partial charge in [0.2, 0.25) is 5.95 Å². The van der Waals surface area contributed by atoms with E-state index in [0.717, 1.165) is 17.1 Å². The molecule has 0 spiro atoms. The van der Waals surface area contributed by atoms with Gasteiger partial charge in [-0.2, -0.15) is 4.98 Å². The van der Waals surface area contributed by atoms with E-state index in [2.05, 4.69) is 41.4 Å². The first-order valence-corrected chi connectivity index (χ1v) is 8.39. The normalized spacial score (nSPS) is 10.5. The van der Waals surface area contributed by atoms with Gasteiger partial charge in [-0.25, -0.2) is 4.98 Å². The molecule has 0 saturated carbocycles. The van der Waals surface area contributed by atoms with Crippen molar-refractivity contribution in [2.24, 2.45) is 0 Å². The summed E-state index contributed by atoms with van der Waals surface area (Å²) in [7, 11) is 1.59. The molecule has 2 N–H and O–H groups in total. The fourth-order valence-electron chi connectivity index (χ4n) is 1.84. The highest BCUT2D eigenvalue weighted by Crippen LogP contribution is 2.29. The molecule has 1 heterocycles. The van der Waals surface area contributed by atoms with Crippen LogP contribution in [0, 0.1) is 6.92 Å². The molecular weight excluding hydrogens is 324 g/mol. The number of hydrogen-bond acceptors (Lipinski definition) is 5. The molecule has 0 atom stereocenters. The van der Waals surface area contributed by atoms with Crippen LogP contribution in [0.1, 0.15) is 40.2 Å². The average Bonchev–Trinajstić information content (AvgIpc) is 2.53. The van der Waals surface area contributed by atoms with Crippen LogP contribution in [0.5, 0.6) is 5.75 Å². The molecule has 0 fully saturated rings. The van der Waals surface area contributed by atoms with Crippen molar-refractivity contribution < 1.29 is 4.74 Å². The lowest BCUT2D eigenvalue weighted by molar-refractivity contribution is 0.415. The first kappa shape index (κ1) is 20.0. The standard InChI is InChI=1S/C16H21ClN4O.C2H6/c1-10-9-18-15(21-16(2,3)4)20-14(10)19-11-6-7-12(17)13(8-11)22-5;1-2/h6-9H,1-5H3,(H2,18,19,20,21);1-2H3. The summed E-state index contributed by atoms with van der Waals surface area (Å²) in [4.78, 5) is 8.83. The van der Waals surface area contributed by atoms with Gasteiger partial charge in [-0.05, 0) is 39.8 Å². The molecule has 0 amide bonds. The number of anilines is 3. The van der Waals surface area contributed by atoms with Gasteiger partial charge >= 0.3 is 0 Å². The van der Waals surface area contributed by atoms with Crippen LogP contribution in [0.4, 0.5) is 17.5 Å². The Hall–Kier alpha value is -2.01. The van der Waals surface area contributed by atoms with Gasteiger partial charge in [0, 0.05) is 29.1 Å². The van der Waals surface area contributed by atoms with Gasteiger partial charge in [0.25, 0.3) is 0 Å². The molecule has 0 unspecified atom stereocenters. The molecule has 132 valence electrons. The van der Waals surface area contributed by atoms with E-state index in [4.69, 9.17) is 16.3 Å². The number of halogens is 1. The molecular formula is C18H27ClN4O. The van der Waals surface area contributed by atoms with Crippen LogP contribution in [0.3, 0.4) is 0 Å². The summed E-state index contributed by atoms with van der Waals surface area (Å²) >= 11 is 6.04. The summed E-state index contributed by atoms with van der Waals surface area (Å²) in [5.41, 5.74) is 1.70. The molecule has 1 aromatic carbocycles. The lowest BCUT2D eigenvalue weighted by atomic mass is 10.1. The molecule has 2 aromatic rings. The van der Waals surface area contributed by atoms with Crippen LogP contribution in [0.25, 0.3) is 0 Å². The van der Waals surface area contributed by atoms with E-state index in [0.29, 0.717) is 16.7 Å². The summed E-state index contributed by atoms with van der Waals surface area (Å²) in [6.07, 6.45) is 1.79. The topological polar surface area (TPSA) is 59.1 Å². The molecule has 0 aliphatic heterocycles. The molecule has 0 saturated heterocycles. The van der Waals surface area contributed by atoms with Gasteiger partial charge < -0.3 is 15.4 Å². The van der Waals surface area contributed by atoms with Crippen molar-refractivity contribution in [1.29, 1.82) is 0 Å². The number of aryl methyl sites for hydroxylation is 1. The van der Waals surface area contributed by atoms with Crippen LogP contribution < -0.4 is 15.4 Å². The van der Waals surface area contributed by atoms with Gasteiger partial charge in [0.05, 0.1) is 12.1 Å². The first-order valence-electron chi connectivity index (χ1n) is 8.01. The molecule has 0 aliphatic rings. The number of hydrogen-bond donors (Lipinski definition) is 2. The maximum Gasteiger partial charge on any atom is 0.225 e. The summed E-state index contributed by atoms with van der Waals surface area (Å²) in [6, 6.07) is 5.50. The largest absolute Gasteiger partial charge is 0.495 e. The van der Waals surface area contributed by atoms with E-state index in [1.807, 2.05) is 32.9 Å². The smallest absolute Gasteiger partial charge is 0.225 e. The summed E-state index contributed by atoms with van der Waals surface area (Å²) in [5.74, 6) is 1.94. The molecule has 0 radical (unpaired) electrons. The monoisotopic (exact) mass is 350 g/mol. The number of ether oxygens (including phenoxy) is 1. The molecule has 2 rings (SSSR count). The Balaban J connectivity index is 0.00000139. The lowest BCUT2D eigenvalue weighted by Crippen LogP contribution is -2.27. The first-order chi connectivity index (χ1) is 11.3. The Bertz CT molecular complexity index is 669. The Labute approximate surface area is 149 Å². The van der Waals surface area contributed by atoms with Crippen LogP contribution in [-0.2, 0) is 0 Å². The zero-order chi connectivity index (χ0) is 18.3. The number of methoxy groups -OCH3 is 1. The highest BCUT2D eigenvalue weighted by atomic mass is 35.5. The second kappa shape index (κ2) is 8.73. The third kappa shape index (κ3) is 5.89. The number of rotatable bonds is 4. The quantitative estimate of drug-likeness (QED) is 0.770. The van der Waals surface area contributed by atoms with E-state index in [1.165, 1.54) is 0 Å². The predicted molar refractivity (Wildman–Crippen MR) is 103 cm³/mol. The Morgan fingerprint density at radius 3 is 2.42 bits per heavy atom. The number of aromatic nitrogens is 2. The molecule has 0 aliphatic carbocycles. The van der Waals surface area contributed by atoms with Crippen LogP contribution >= 0.6 is 11.6 Å². The van der Waals surface area contributed by atoms with Crippen molar-refractivity contribution in [3.8, 4) is 5.75 Å². The molecule has 24 heavy (non-hydrogen) atoms. The van der Waals surface area contributed by atoms with E-state index in [9.17, 15) is 0 Å². The van der Waals surface area contributed by atoms with Crippen LogP contribution in [0.15, 0.2) is 24.4 Å². The second-order valence-corrected chi connectivity index (χ2v) is 6.48. The molecule has 6 heteroatoms. The zero-order valence-electron chi connectivity index (χ0n) is 15.5. The number of nitrogens with zero attached hydrogens (tertiary/aromatic N) is 2. The van der Waals surface area contributed by atoms with Crippen molar-refractivity contribution in [1.82, 2.24) is 9.97 Å². The maximum atomic E-state index is 6.04. The predicted octanol–water partition coefficient (Wildman–Crippen LogP) is 5.43. The van der Waals surface area contributed by atoms with E-state index >= 15 is 0 Å². The van der Waals surface area contributed by atoms with Crippen molar-refractivity contribution in [3.63, 3.8) is 0 Å².